The summed E-state index contributed by atoms with van der Waals surface area (Å²) in [6.45, 7) is 1.85. The average molecular weight is 240 g/mol. The van der Waals surface area contributed by atoms with Gasteiger partial charge in [-0.1, -0.05) is 0 Å². The molecule has 1 N–H and O–H groups in total. The molecule has 0 aliphatic heterocycles. The van der Waals surface area contributed by atoms with Crippen molar-refractivity contribution in [3.8, 4) is 11.5 Å². The summed E-state index contributed by atoms with van der Waals surface area (Å²) in [5.41, 5.74) is 0.961. The van der Waals surface area contributed by atoms with E-state index in [9.17, 15) is 9.50 Å². The third-order valence-electron chi connectivity index (χ3n) is 3.30. The largest absolute Gasteiger partial charge is 0.492 e. The molecular weight excluding hydrogens is 223 g/mol. The molecule has 0 unspecified atom stereocenters. The summed E-state index contributed by atoms with van der Waals surface area (Å²) in [6.07, 6.45) is 2.03. The van der Waals surface area contributed by atoms with Crippen molar-refractivity contribution in [1.29, 1.82) is 0 Å². The molecule has 0 aromatic heterocycles. The van der Waals surface area contributed by atoms with Gasteiger partial charge in [0, 0.05) is 6.42 Å². The zero-order valence-electron chi connectivity index (χ0n) is 10.3. The summed E-state index contributed by atoms with van der Waals surface area (Å²) in [7, 11) is 2.90. The number of ether oxygens (including phenoxy) is 2. The fourth-order valence-corrected chi connectivity index (χ4v) is 2.05. The second kappa shape index (κ2) is 4.18. The minimum absolute atomic E-state index is 0.122. The lowest BCUT2D eigenvalue weighted by atomic mass is 9.99. The Hall–Kier alpha value is -1.29. The van der Waals surface area contributed by atoms with Gasteiger partial charge in [-0.15, -0.1) is 0 Å². The van der Waals surface area contributed by atoms with Gasteiger partial charge in [-0.05, 0) is 37.0 Å². The molecule has 0 radical (unpaired) electrons. The van der Waals surface area contributed by atoms with Gasteiger partial charge in [-0.2, -0.15) is 0 Å². The molecule has 0 heterocycles. The van der Waals surface area contributed by atoms with Crippen LogP contribution in [0.4, 0.5) is 4.39 Å². The first-order chi connectivity index (χ1) is 8.00. The van der Waals surface area contributed by atoms with Crippen molar-refractivity contribution in [1.82, 2.24) is 0 Å². The van der Waals surface area contributed by atoms with Gasteiger partial charge in [-0.3, -0.25) is 0 Å². The Morgan fingerprint density at radius 2 is 1.88 bits per heavy atom. The highest BCUT2D eigenvalue weighted by molar-refractivity contribution is 5.51. The molecule has 0 amide bonds. The number of aliphatic hydroxyl groups is 1. The molecule has 0 saturated heterocycles. The van der Waals surface area contributed by atoms with E-state index in [1.54, 1.807) is 0 Å². The number of halogens is 1. The van der Waals surface area contributed by atoms with Crippen LogP contribution >= 0.6 is 0 Å². The van der Waals surface area contributed by atoms with Crippen molar-refractivity contribution in [2.45, 2.75) is 31.8 Å². The molecule has 3 nitrogen and oxygen atoms in total. The number of hydrogen-bond donors (Lipinski definition) is 1. The van der Waals surface area contributed by atoms with Crippen LogP contribution in [0.2, 0.25) is 0 Å². The Balaban J connectivity index is 2.43. The lowest BCUT2D eigenvalue weighted by Gasteiger charge is -2.16. The third-order valence-corrected chi connectivity index (χ3v) is 3.30. The summed E-state index contributed by atoms with van der Waals surface area (Å²) < 4.78 is 23.9. The van der Waals surface area contributed by atoms with Crippen molar-refractivity contribution >= 4 is 0 Å². The van der Waals surface area contributed by atoms with Crippen LogP contribution in [0.1, 0.15) is 24.0 Å². The molecule has 1 saturated carbocycles. The highest BCUT2D eigenvalue weighted by Crippen LogP contribution is 2.42. The summed E-state index contributed by atoms with van der Waals surface area (Å²) >= 11 is 0. The fraction of sp³-hybridized carbons (Fsp3) is 0.538. The maximum absolute atomic E-state index is 13.8. The zero-order chi connectivity index (χ0) is 12.6. The molecule has 1 aromatic rings. The van der Waals surface area contributed by atoms with E-state index in [0.717, 1.165) is 24.0 Å². The van der Waals surface area contributed by atoms with Gasteiger partial charge < -0.3 is 14.6 Å². The van der Waals surface area contributed by atoms with E-state index in [2.05, 4.69) is 0 Å². The third kappa shape index (κ3) is 2.22. The Labute approximate surface area is 100 Å². The number of benzene rings is 1. The van der Waals surface area contributed by atoms with Crippen LogP contribution in [-0.2, 0) is 6.42 Å². The Kier molecular flexibility index (Phi) is 3.00. The van der Waals surface area contributed by atoms with Crippen LogP contribution in [-0.4, -0.2) is 24.9 Å². The topological polar surface area (TPSA) is 38.7 Å². The van der Waals surface area contributed by atoms with Gasteiger partial charge >= 0.3 is 0 Å². The summed E-state index contributed by atoms with van der Waals surface area (Å²) in [4.78, 5) is 0. The van der Waals surface area contributed by atoms with E-state index in [-0.39, 0.29) is 5.75 Å². The van der Waals surface area contributed by atoms with E-state index in [1.165, 1.54) is 20.3 Å². The maximum Gasteiger partial charge on any atom is 0.197 e. The lowest BCUT2D eigenvalue weighted by Crippen LogP contribution is -2.13. The first-order valence-electron chi connectivity index (χ1n) is 5.63. The number of methoxy groups -OCH3 is 2. The van der Waals surface area contributed by atoms with Crippen LogP contribution in [0.15, 0.2) is 6.07 Å². The van der Waals surface area contributed by atoms with Crippen molar-refractivity contribution in [2.24, 2.45) is 0 Å². The second-order valence-corrected chi connectivity index (χ2v) is 4.61. The Bertz CT molecular complexity index is 439. The number of rotatable bonds is 4. The first kappa shape index (κ1) is 12.2. The molecule has 94 valence electrons. The molecule has 17 heavy (non-hydrogen) atoms. The standard InChI is InChI=1S/C13H17FO3/c1-8-9(7-13(15)4-5-13)6-10(14)12(17-3)11(8)16-2/h6,15H,4-5,7H2,1-3H3. The predicted octanol–water partition coefficient (Wildman–Crippen LogP) is 2.22. The SMILES string of the molecule is COc1c(F)cc(CC2(O)CC2)c(C)c1OC. The summed E-state index contributed by atoms with van der Waals surface area (Å²) in [6, 6.07) is 1.42. The Morgan fingerprint density at radius 3 is 2.35 bits per heavy atom. The van der Waals surface area contributed by atoms with Gasteiger partial charge in [0.05, 0.1) is 19.8 Å². The Morgan fingerprint density at radius 1 is 1.29 bits per heavy atom. The first-order valence-corrected chi connectivity index (χ1v) is 5.63. The molecule has 1 aliphatic carbocycles. The van der Waals surface area contributed by atoms with E-state index >= 15 is 0 Å². The molecule has 2 rings (SSSR count). The van der Waals surface area contributed by atoms with E-state index in [4.69, 9.17) is 9.47 Å². The molecule has 0 atom stereocenters. The van der Waals surface area contributed by atoms with Crippen molar-refractivity contribution in [3.05, 3.63) is 23.0 Å². The summed E-state index contributed by atoms with van der Waals surface area (Å²) in [5, 5.41) is 9.89. The molecule has 1 aromatic carbocycles. The zero-order valence-corrected chi connectivity index (χ0v) is 10.3. The van der Waals surface area contributed by atoms with Crippen LogP contribution in [0.5, 0.6) is 11.5 Å². The lowest BCUT2D eigenvalue weighted by molar-refractivity contribution is 0.150. The molecule has 4 heteroatoms. The monoisotopic (exact) mass is 240 g/mol. The van der Waals surface area contributed by atoms with Gasteiger partial charge in [0.1, 0.15) is 0 Å². The molecule has 1 fully saturated rings. The van der Waals surface area contributed by atoms with Gasteiger partial charge in [0.25, 0.3) is 0 Å². The van der Waals surface area contributed by atoms with Crippen molar-refractivity contribution in [3.63, 3.8) is 0 Å². The van der Waals surface area contributed by atoms with E-state index < -0.39 is 11.4 Å². The molecule has 0 spiro atoms. The highest BCUT2D eigenvalue weighted by Gasteiger charge is 2.41. The fourth-order valence-electron chi connectivity index (χ4n) is 2.05. The van der Waals surface area contributed by atoms with E-state index in [1.807, 2.05) is 6.92 Å². The van der Waals surface area contributed by atoms with Crippen LogP contribution in [0, 0.1) is 12.7 Å². The maximum atomic E-state index is 13.8. The van der Waals surface area contributed by atoms with Crippen LogP contribution < -0.4 is 9.47 Å². The normalized spacial score (nSPS) is 16.8. The average Bonchev–Trinajstić information content (AvgIpc) is 3.00. The minimum atomic E-state index is -0.642. The molecule has 0 bridgehead atoms. The smallest absolute Gasteiger partial charge is 0.197 e. The van der Waals surface area contributed by atoms with Gasteiger partial charge in [0.2, 0.25) is 0 Å². The highest BCUT2D eigenvalue weighted by atomic mass is 19.1. The quantitative estimate of drug-likeness (QED) is 0.877. The van der Waals surface area contributed by atoms with Crippen LogP contribution in [0.3, 0.4) is 0 Å². The summed E-state index contributed by atoms with van der Waals surface area (Å²) in [5.74, 6) is 0.0810. The van der Waals surface area contributed by atoms with E-state index in [0.29, 0.717) is 12.2 Å². The van der Waals surface area contributed by atoms with Gasteiger partial charge in [0.15, 0.2) is 17.3 Å². The molecular formula is C13H17FO3. The number of hydrogen-bond acceptors (Lipinski definition) is 3. The van der Waals surface area contributed by atoms with Crippen molar-refractivity contribution in [2.75, 3.05) is 14.2 Å². The van der Waals surface area contributed by atoms with Crippen molar-refractivity contribution < 1.29 is 19.0 Å². The predicted molar refractivity (Wildman–Crippen MR) is 62.1 cm³/mol. The van der Waals surface area contributed by atoms with Crippen LogP contribution in [0.25, 0.3) is 0 Å². The molecule has 1 aliphatic rings. The minimum Gasteiger partial charge on any atom is -0.492 e. The second-order valence-electron chi connectivity index (χ2n) is 4.61. The van der Waals surface area contributed by atoms with Gasteiger partial charge in [-0.25, -0.2) is 4.39 Å².